The first kappa shape index (κ1) is 9.51. The molecule has 13 heavy (non-hydrogen) atoms. The third-order valence-electron chi connectivity index (χ3n) is 1.66. The van der Waals surface area contributed by atoms with Crippen molar-refractivity contribution in [2.75, 3.05) is 7.11 Å². The van der Waals surface area contributed by atoms with Crippen LogP contribution in [0.4, 0.5) is 4.39 Å². The van der Waals surface area contributed by atoms with Gasteiger partial charge in [0, 0.05) is 0 Å². The summed E-state index contributed by atoms with van der Waals surface area (Å²) in [4.78, 5) is 10.9. The summed E-state index contributed by atoms with van der Waals surface area (Å²) in [5.41, 5.74) is -0.334. The van der Waals surface area contributed by atoms with Crippen molar-refractivity contribution in [1.29, 1.82) is 0 Å². The maximum absolute atomic E-state index is 13.0. The fourth-order valence-electron chi connectivity index (χ4n) is 1.05. The molecule has 0 amide bonds. The number of Topliss-reactive ketones (excluding diaryl/α,β-unsaturated/α-hetero) is 1. The minimum absolute atomic E-state index is 0.0894. The number of phenols is 1. The number of hydrogen-bond acceptors (Lipinski definition) is 3. The summed E-state index contributed by atoms with van der Waals surface area (Å²) in [5.74, 6) is -1.64. The van der Waals surface area contributed by atoms with Gasteiger partial charge in [-0.25, -0.2) is 4.39 Å². The maximum atomic E-state index is 13.0. The van der Waals surface area contributed by atoms with Crippen LogP contribution >= 0.6 is 0 Å². The van der Waals surface area contributed by atoms with Gasteiger partial charge in [-0.05, 0) is 19.1 Å². The molecule has 70 valence electrons. The van der Waals surface area contributed by atoms with E-state index in [0.717, 1.165) is 6.07 Å². The van der Waals surface area contributed by atoms with Gasteiger partial charge in [0.2, 0.25) is 0 Å². The lowest BCUT2D eigenvalue weighted by Crippen LogP contribution is -1.99. The number of benzene rings is 1. The van der Waals surface area contributed by atoms with Crippen LogP contribution in [0, 0.1) is 5.82 Å². The van der Waals surface area contributed by atoms with Crippen molar-refractivity contribution < 1.29 is 19.0 Å². The summed E-state index contributed by atoms with van der Waals surface area (Å²) in [5, 5.41) is 9.35. The minimum Gasteiger partial charge on any atom is -0.504 e. The van der Waals surface area contributed by atoms with E-state index < -0.39 is 17.3 Å². The van der Waals surface area contributed by atoms with Crippen molar-refractivity contribution in [3.05, 3.63) is 23.5 Å². The van der Waals surface area contributed by atoms with Gasteiger partial charge >= 0.3 is 0 Å². The lowest BCUT2D eigenvalue weighted by molar-refractivity contribution is 0.101. The second kappa shape index (κ2) is 3.43. The van der Waals surface area contributed by atoms with Crippen molar-refractivity contribution in [2.45, 2.75) is 6.92 Å². The van der Waals surface area contributed by atoms with Crippen LogP contribution < -0.4 is 4.74 Å². The van der Waals surface area contributed by atoms with Gasteiger partial charge in [0.05, 0.1) is 12.7 Å². The predicted octanol–water partition coefficient (Wildman–Crippen LogP) is 1.74. The smallest absolute Gasteiger partial charge is 0.171 e. The van der Waals surface area contributed by atoms with Crippen molar-refractivity contribution >= 4 is 5.78 Å². The standard InChI is InChI=1S/C9H9FO3/c1-5(11)8-6(10)3-4-7(13-2)9(8)12/h3-4,12H,1-2H3. The topological polar surface area (TPSA) is 46.5 Å². The SMILES string of the molecule is COc1ccc(F)c(C(C)=O)c1O. The molecular weight excluding hydrogens is 175 g/mol. The number of ether oxygens (including phenoxy) is 1. The highest BCUT2D eigenvalue weighted by Crippen LogP contribution is 2.31. The van der Waals surface area contributed by atoms with Gasteiger partial charge in [0.25, 0.3) is 0 Å². The number of hydrogen-bond donors (Lipinski definition) is 1. The van der Waals surface area contributed by atoms with Crippen LogP contribution in [-0.4, -0.2) is 18.0 Å². The van der Waals surface area contributed by atoms with Crippen LogP contribution in [0.15, 0.2) is 12.1 Å². The first-order valence-corrected chi connectivity index (χ1v) is 3.64. The summed E-state index contributed by atoms with van der Waals surface area (Å²) in [7, 11) is 1.33. The van der Waals surface area contributed by atoms with Gasteiger partial charge in [0.15, 0.2) is 17.3 Å². The zero-order valence-corrected chi connectivity index (χ0v) is 7.30. The van der Waals surface area contributed by atoms with E-state index in [-0.39, 0.29) is 11.3 Å². The van der Waals surface area contributed by atoms with Crippen LogP contribution in [0.1, 0.15) is 17.3 Å². The first-order valence-electron chi connectivity index (χ1n) is 3.64. The minimum atomic E-state index is -0.745. The zero-order valence-electron chi connectivity index (χ0n) is 7.30. The summed E-state index contributed by atoms with van der Waals surface area (Å²) in [6.07, 6.45) is 0. The van der Waals surface area contributed by atoms with Crippen molar-refractivity contribution in [3.8, 4) is 11.5 Å². The van der Waals surface area contributed by atoms with Crippen molar-refractivity contribution in [1.82, 2.24) is 0 Å². The Morgan fingerprint density at radius 2 is 2.15 bits per heavy atom. The van der Waals surface area contributed by atoms with E-state index in [0.29, 0.717) is 0 Å². The number of rotatable bonds is 2. The Balaban J connectivity index is 3.38. The molecule has 0 radical (unpaired) electrons. The molecule has 0 heterocycles. The average Bonchev–Trinajstić information content (AvgIpc) is 2.04. The third-order valence-corrected chi connectivity index (χ3v) is 1.66. The van der Waals surface area contributed by atoms with Gasteiger partial charge in [-0.15, -0.1) is 0 Å². The van der Waals surface area contributed by atoms with E-state index in [4.69, 9.17) is 4.74 Å². The van der Waals surface area contributed by atoms with Gasteiger partial charge < -0.3 is 9.84 Å². The van der Waals surface area contributed by atoms with E-state index in [2.05, 4.69) is 0 Å². The third kappa shape index (κ3) is 1.61. The van der Waals surface area contributed by atoms with E-state index >= 15 is 0 Å². The Labute approximate surface area is 74.8 Å². The lowest BCUT2D eigenvalue weighted by atomic mass is 10.1. The molecule has 0 saturated carbocycles. The zero-order chi connectivity index (χ0) is 10.0. The molecule has 0 aliphatic rings. The number of aromatic hydroxyl groups is 1. The second-order valence-electron chi connectivity index (χ2n) is 2.53. The van der Waals surface area contributed by atoms with E-state index in [1.54, 1.807) is 0 Å². The first-order chi connectivity index (χ1) is 6.07. The van der Waals surface area contributed by atoms with E-state index in [1.165, 1.54) is 20.1 Å². The number of carbonyl (C=O) groups excluding carboxylic acids is 1. The Hall–Kier alpha value is -1.58. The van der Waals surface area contributed by atoms with Gasteiger partial charge in [-0.2, -0.15) is 0 Å². The van der Waals surface area contributed by atoms with Gasteiger partial charge in [0.1, 0.15) is 5.82 Å². The highest BCUT2D eigenvalue weighted by molar-refractivity contribution is 5.97. The number of halogens is 1. The van der Waals surface area contributed by atoms with Crippen LogP contribution in [0.25, 0.3) is 0 Å². The highest BCUT2D eigenvalue weighted by atomic mass is 19.1. The molecule has 1 aromatic carbocycles. The largest absolute Gasteiger partial charge is 0.504 e. The number of carbonyl (C=O) groups is 1. The molecule has 0 fully saturated rings. The number of methoxy groups -OCH3 is 1. The molecule has 0 aliphatic heterocycles. The predicted molar refractivity (Wildman–Crippen MR) is 44.6 cm³/mol. The molecule has 1 N–H and O–H groups in total. The molecule has 0 spiro atoms. The Kier molecular flexibility index (Phi) is 2.51. The average molecular weight is 184 g/mol. The molecule has 0 unspecified atom stereocenters. The number of phenolic OH excluding ortho intramolecular Hbond substituents is 1. The molecule has 3 nitrogen and oxygen atoms in total. The second-order valence-corrected chi connectivity index (χ2v) is 2.53. The van der Waals surface area contributed by atoms with Gasteiger partial charge in [-0.1, -0.05) is 0 Å². The summed E-state index contributed by atoms with van der Waals surface area (Å²) >= 11 is 0. The van der Waals surface area contributed by atoms with Crippen LogP contribution in [0.5, 0.6) is 11.5 Å². The number of ketones is 1. The summed E-state index contributed by atoms with van der Waals surface area (Å²) in [6.45, 7) is 1.18. The fourth-order valence-corrected chi connectivity index (χ4v) is 1.05. The summed E-state index contributed by atoms with van der Waals surface area (Å²) in [6, 6.07) is 2.34. The molecule has 1 rings (SSSR count). The lowest BCUT2D eigenvalue weighted by Gasteiger charge is -2.06. The molecule has 0 atom stereocenters. The Morgan fingerprint density at radius 1 is 1.54 bits per heavy atom. The molecule has 0 saturated heterocycles. The maximum Gasteiger partial charge on any atom is 0.171 e. The summed E-state index contributed by atoms with van der Waals surface area (Å²) < 4.78 is 17.7. The Morgan fingerprint density at radius 3 is 2.62 bits per heavy atom. The van der Waals surface area contributed by atoms with Crippen LogP contribution in [-0.2, 0) is 0 Å². The quantitative estimate of drug-likeness (QED) is 0.712. The monoisotopic (exact) mass is 184 g/mol. The molecule has 4 heteroatoms. The van der Waals surface area contributed by atoms with E-state index in [1.807, 2.05) is 0 Å². The molecular formula is C9H9FO3. The molecule has 0 aliphatic carbocycles. The highest BCUT2D eigenvalue weighted by Gasteiger charge is 2.16. The van der Waals surface area contributed by atoms with Crippen LogP contribution in [0.2, 0.25) is 0 Å². The fraction of sp³-hybridized carbons (Fsp3) is 0.222. The van der Waals surface area contributed by atoms with E-state index in [9.17, 15) is 14.3 Å². The Bertz CT molecular complexity index is 347. The molecule has 1 aromatic rings. The van der Waals surface area contributed by atoms with Crippen molar-refractivity contribution in [2.24, 2.45) is 0 Å². The van der Waals surface area contributed by atoms with Crippen molar-refractivity contribution in [3.63, 3.8) is 0 Å². The van der Waals surface area contributed by atoms with Gasteiger partial charge in [-0.3, -0.25) is 4.79 Å². The molecule has 0 bridgehead atoms. The normalized spacial score (nSPS) is 9.77. The molecule has 0 aromatic heterocycles. The van der Waals surface area contributed by atoms with Crippen LogP contribution in [0.3, 0.4) is 0 Å².